The standard InChI is InChI=1S/C10H10ClFO3/c1-2-6(10(14)15)5-3-7(11)9(12)8(13)4-5/h3-4,6,13H,2H2,1H3,(H,14,15). The van der Waals surface area contributed by atoms with Crippen molar-refractivity contribution in [2.75, 3.05) is 0 Å². The zero-order chi connectivity index (χ0) is 11.6. The number of benzene rings is 1. The number of hydrogen-bond acceptors (Lipinski definition) is 2. The maximum absolute atomic E-state index is 12.9. The summed E-state index contributed by atoms with van der Waals surface area (Å²) in [6.07, 6.45) is 0.344. The zero-order valence-corrected chi connectivity index (χ0v) is 8.75. The van der Waals surface area contributed by atoms with Gasteiger partial charge in [-0.15, -0.1) is 0 Å². The van der Waals surface area contributed by atoms with Crippen molar-refractivity contribution in [2.24, 2.45) is 0 Å². The van der Waals surface area contributed by atoms with E-state index in [-0.39, 0.29) is 5.02 Å². The molecule has 1 unspecified atom stereocenters. The molecule has 1 aromatic rings. The van der Waals surface area contributed by atoms with Crippen molar-refractivity contribution in [3.8, 4) is 5.75 Å². The molecule has 0 heterocycles. The molecule has 0 aliphatic rings. The van der Waals surface area contributed by atoms with Crippen LogP contribution in [0.1, 0.15) is 24.8 Å². The number of hydrogen-bond donors (Lipinski definition) is 2. The van der Waals surface area contributed by atoms with Crippen molar-refractivity contribution in [3.63, 3.8) is 0 Å². The predicted octanol–water partition coefficient (Wildman–Crippen LogP) is 2.76. The Kier molecular flexibility index (Phi) is 3.52. The highest BCUT2D eigenvalue weighted by Gasteiger charge is 2.20. The molecule has 0 aromatic heterocycles. The number of phenols is 1. The van der Waals surface area contributed by atoms with Gasteiger partial charge in [-0.2, -0.15) is 0 Å². The molecular formula is C10H10ClFO3. The quantitative estimate of drug-likeness (QED) is 0.843. The topological polar surface area (TPSA) is 57.5 Å². The Morgan fingerprint density at radius 2 is 2.20 bits per heavy atom. The van der Waals surface area contributed by atoms with Gasteiger partial charge in [0.1, 0.15) is 0 Å². The average Bonchev–Trinajstić information content (AvgIpc) is 2.14. The number of rotatable bonds is 3. The van der Waals surface area contributed by atoms with E-state index >= 15 is 0 Å². The van der Waals surface area contributed by atoms with Crippen LogP contribution in [0, 0.1) is 5.82 Å². The highest BCUT2D eigenvalue weighted by atomic mass is 35.5. The highest BCUT2D eigenvalue weighted by molar-refractivity contribution is 6.31. The van der Waals surface area contributed by atoms with Gasteiger partial charge < -0.3 is 10.2 Å². The second kappa shape index (κ2) is 4.49. The zero-order valence-electron chi connectivity index (χ0n) is 8.00. The van der Waals surface area contributed by atoms with E-state index in [4.69, 9.17) is 21.8 Å². The summed E-state index contributed by atoms with van der Waals surface area (Å²) in [5.41, 5.74) is 0.300. The molecule has 2 N–H and O–H groups in total. The molecule has 82 valence electrons. The van der Waals surface area contributed by atoms with Gasteiger partial charge in [0, 0.05) is 0 Å². The van der Waals surface area contributed by atoms with Crippen molar-refractivity contribution in [3.05, 3.63) is 28.5 Å². The molecule has 0 aliphatic heterocycles. The van der Waals surface area contributed by atoms with E-state index in [0.717, 1.165) is 6.07 Å². The van der Waals surface area contributed by atoms with Crippen LogP contribution in [0.4, 0.5) is 4.39 Å². The van der Waals surface area contributed by atoms with Crippen LogP contribution in [0.25, 0.3) is 0 Å². The average molecular weight is 233 g/mol. The lowest BCUT2D eigenvalue weighted by Gasteiger charge is -2.11. The van der Waals surface area contributed by atoms with Crippen LogP contribution in [0.3, 0.4) is 0 Å². The fraction of sp³-hybridized carbons (Fsp3) is 0.300. The first-order valence-corrected chi connectivity index (χ1v) is 4.75. The van der Waals surface area contributed by atoms with E-state index in [9.17, 15) is 9.18 Å². The molecular weight excluding hydrogens is 223 g/mol. The van der Waals surface area contributed by atoms with E-state index in [0.29, 0.717) is 12.0 Å². The third-order valence-electron chi connectivity index (χ3n) is 2.14. The van der Waals surface area contributed by atoms with E-state index < -0.39 is 23.5 Å². The molecule has 1 rings (SSSR count). The van der Waals surface area contributed by atoms with Gasteiger partial charge in [-0.25, -0.2) is 4.39 Å². The molecule has 3 nitrogen and oxygen atoms in total. The van der Waals surface area contributed by atoms with Crippen LogP contribution in [-0.2, 0) is 4.79 Å². The molecule has 0 aliphatic carbocycles. The summed E-state index contributed by atoms with van der Waals surface area (Å²) in [5.74, 6) is -3.37. The smallest absolute Gasteiger partial charge is 0.310 e. The van der Waals surface area contributed by atoms with E-state index in [2.05, 4.69) is 0 Å². The molecule has 5 heteroatoms. The van der Waals surface area contributed by atoms with Crippen molar-refractivity contribution < 1.29 is 19.4 Å². The number of halogens is 2. The van der Waals surface area contributed by atoms with Crippen LogP contribution in [0.15, 0.2) is 12.1 Å². The lowest BCUT2D eigenvalue weighted by molar-refractivity contribution is -0.138. The molecule has 0 saturated heterocycles. The normalized spacial score (nSPS) is 12.5. The summed E-state index contributed by atoms with van der Waals surface area (Å²) in [6, 6.07) is 2.31. The first kappa shape index (κ1) is 11.8. The van der Waals surface area contributed by atoms with Crippen molar-refractivity contribution >= 4 is 17.6 Å². The maximum atomic E-state index is 12.9. The summed E-state index contributed by atoms with van der Waals surface area (Å²) >= 11 is 5.50. The van der Waals surface area contributed by atoms with Gasteiger partial charge in [0.05, 0.1) is 10.9 Å². The summed E-state index contributed by atoms with van der Waals surface area (Å²) < 4.78 is 12.9. The number of aromatic hydroxyl groups is 1. The third-order valence-corrected chi connectivity index (χ3v) is 2.42. The van der Waals surface area contributed by atoms with Gasteiger partial charge in [-0.05, 0) is 24.1 Å². The fourth-order valence-electron chi connectivity index (χ4n) is 1.35. The number of carbonyl (C=O) groups is 1. The Bertz CT molecular complexity index is 369. The van der Waals surface area contributed by atoms with Gasteiger partial charge >= 0.3 is 5.97 Å². The second-order valence-corrected chi connectivity index (χ2v) is 3.54. The van der Waals surface area contributed by atoms with Crippen molar-refractivity contribution in [1.29, 1.82) is 0 Å². The Morgan fingerprint density at radius 3 is 2.60 bits per heavy atom. The van der Waals surface area contributed by atoms with E-state index in [1.165, 1.54) is 6.07 Å². The van der Waals surface area contributed by atoms with Crippen LogP contribution < -0.4 is 0 Å². The van der Waals surface area contributed by atoms with Crippen molar-refractivity contribution in [1.82, 2.24) is 0 Å². The molecule has 0 saturated carbocycles. The largest absolute Gasteiger partial charge is 0.505 e. The molecule has 0 radical (unpaired) electrons. The summed E-state index contributed by atoms with van der Waals surface area (Å²) in [6.45, 7) is 1.69. The first-order chi connectivity index (χ1) is 6.97. The first-order valence-electron chi connectivity index (χ1n) is 4.38. The van der Waals surface area contributed by atoms with Gasteiger partial charge in [0.2, 0.25) is 0 Å². The van der Waals surface area contributed by atoms with E-state index in [1.807, 2.05) is 0 Å². The lowest BCUT2D eigenvalue weighted by atomic mass is 9.96. The SMILES string of the molecule is CCC(C(=O)O)c1cc(O)c(F)c(Cl)c1. The minimum absolute atomic E-state index is 0.273. The van der Waals surface area contributed by atoms with Crippen LogP contribution in [0.2, 0.25) is 5.02 Å². The molecule has 1 atom stereocenters. The summed E-state index contributed by atoms with van der Waals surface area (Å²) in [5, 5.41) is 17.7. The fourth-order valence-corrected chi connectivity index (χ4v) is 1.57. The minimum atomic E-state index is -1.03. The molecule has 0 fully saturated rings. The Morgan fingerprint density at radius 1 is 1.60 bits per heavy atom. The Balaban J connectivity index is 3.20. The van der Waals surface area contributed by atoms with Crippen LogP contribution >= 0.6 is 11.6 Å². The second-order valence-electron chi connectivity index (χ2n) is 3.13. The Hall–Kier alpha value is -1.29. The van der Waals surface area contributed by atoms with Crippen LogP contribution in [-0.4, -0.2) is 16.2 Å². The highest BCUT2D eigenvalue weighted by Crippen LogP contribution is 2.30. The van der Waals surface area contributed by atoms with Gasteiger partial charge in [-0.1, -0.05) is 18.5 Å². The summed E-state index contributed by atoms with van der Waals surface area (Å²) in [4.78, 5) is 10.8. The third kappa shape index (κ3) is 2.39. The van der Waals surface area contributed by atoms with E-state index in [1.54, 1.807) is 6.92 Å². The Labute approximate surface area is 91.1 Å². The van der Waals surface area contributed by atoms with Gasteiger partial charge in [0.15, 0.2) is 11.6 Å². The summed E-state index contributed by atoms with van der Waals surface area (Å²) in [7, 11) is 0. The van der Waals surface area contributed by atoms with Crippen molar-refractivity contribution in [2.45, 2.75) is 19.3 Å². The molecule has 0 bridgehead atoms. The van der Waals surface area contributed by atoms with Crippen LogP contribution in [0.5, 0.6) is 5.75 Å². The number of carboxylic acids is 1. The number of phenolic OH excluding ortho intramolecular Hbond substituents is 1. The molecule has 0 amide bonds. The number of aliphatic carboxylic acids is 1. The lowest BCUT2D eigenvalue weighted by Crippen LogP contribution is -2.10. The maximum Gasteiger partial charge on any atom is 0.310 e. The molecule has 1 aromatic carbocycles. The molecule has 0 spiro atoms. The monoisotopic (exact) mass is 232 g/mol. The predicted molar refractivity (Wildman–Crippen MR) is 53.7 cm³/mol. The minimum Gasteiger partial charge on any atom is -0.505 e. The van der Waals surface area contributed by atoms with Gasteiger partial charge in [-0.3, -0.25) is 4.79 Å². The van der Waals surface area contributed by atoms with Gasteiger partial charge in [0.25, 0.3) is 0 Å². The number of carboxylic acid groups (broad SMARTS) is 1. The molecule has 15 heavy (non-hydrogen) atoms.